The summed E-state index contributed by atoms with van der Waals surface area (Å²) >= 11 is 3.51. The summed E-state index contributed by atoms with van der Waals surface area (Å²) in [5.74, 6) is 6.11. The highest BCUT2D eigenvalue weighted by Gasteiger charge is 1.99. The molecule has 3 heteroatoms. The van der Waals surface area contributed by atoms with Crippen molar-refractivity contribution >= 4 is 26.8 Å². The Kier molecular flexibility index (Phi) is 3.26. The summed E-state index contributed by atoms with van der Waals surface area (Å²) in [7, 11) is 0. The van der Waals surface area contributed by atoms with Gasteiger partial charge in [-0.15, -0.1) is 0 Å². The van der Waals surface area contributed by atoms with Gasteiger partial charge in [-0.1, -0.05) is 27.9 Å². The van der Waals surface area contributed by atoms with Crippen LogP contribution in [0.5, 0.6) is 0 Å². The van der Waals surface area contributed by atoms with Crippen molar-refractivity contribution in [3.8, 4) is 11.8 Å². The highest BCUT2D eigenvalue weighted by Crippen LogP contribution is 2.22. The molecule has 0 atom stereocenters. The Morgan fingerprint density at radius 3 is 2.74 bits per heavy atom. The lowest BCUT2D eigenvalue weighted by atomic mass is 10.2. The number of fused-ring (bicyclic) bond motifs is 1. The zero-order valence-corrected chi connectivity index (χ0v) is 11.6. The Morgan fingerprint density at radius 2 is 1.89 bits per heavy atom. The summed E-state index contributed by atoms with van der Waals surface area (Å²) in [4.78, 5) is 8.56. The molecule has 1 aromatic carbocycles. The van der Waals surface area contributed by atoms with Crippen molar-refractivity contribution in [2.45, 2.75) is 0 Å². The predicted octanol–water partition coefficient (Wildman–Crippen LogP) is 3.79. The summed E-state index contributed by atoms with van der Waals surface area (Å²) < 4.78 is 1.05. The Morgan fingerprint density at radius 1 is 0.947 bits per heavy atom. The van der Waals surface area contributed by atoms with Crippen LogP contribution in [0.1, 0.15) is 11.3 Å². The van der Waals surface area contributed by atoms with Gasteiger partial charge in [0.15, 0.2) is 0 Å². The third-order valence-corrected chi connectivity index (χ3v) is 3.37. The van der Waals surface area contributed by atoms with E-state index in [1.165, 1.54) is 0 Å². The topological polar surface area (TPSA) is 25.8 Å². The van der Waals surface area contributed by atoms with E-state index in [2.05, 4.69) is 37.7 Å². The molecule has 0 unspecified atom stereocenters. The quantitative estimate of drug-likeness (QED) is 0.590. The highest BCUT2D eigenvalue weighted by atomic mass is 79.9. The van der Waals surface area contributed by atoms with Gasteiger partial charge in [-0.2, -0.15) is 0 Å². The minimum Gasteiger partial charge on any atom is -0.263 e. The smallest absolute Gasteiger partial charge is 0.114 e. The molecule has 0 aliphatic heterocycles. The number of benzene rings is 1. The summed E-state index contributed by atoms with van der Waals surface area (Å²) in [6, 6.07) is 13.7. The molecular weight excluding hydrogens is 300 g/mol. The van der Waals surface area contributed by atoms with E-state index < -0.39 is 0 Å². The molecule has 0 radical (unpaired) electrons. The Balaban J connectivity index is 2.01. The number of nitrogens with zero attached hydrogens (tertiary/aromatic N) is 2. The molecule has 0 aliphatic rings. The van der Waals surface area contributed by atoms with Crippen LogP contribution in [0.4, 0.5) is 0 Å². The molecule has 90 valence electrons. The van der Waals surface area contributed by atoms with Crippen molar-refractivity contribution in [3.05, 3.63) is 70.6 Å². The lowest BCUT2D eigenvalue weighted by molar-refractivity contribution is 1.31. The van der Waals surface area contributed by atoms with Gasteiger partial charge in [-0.25, -0.2) is 4.98 Å². The standard InChI is InChI=1S/C16H9BrN2/c17-15-4-1-5-16-14(15)9-8-13(19-16)7-6-12-3-2-10-18-11-12/h1-5,8-11H. The summed E-state index contributed by atoms with van der Waals surface area (Å²) in [5.41, 5.74) is 2.58. The average Bonchev–Trinajstić information content (AvgIpc) is 2.46. The molecule has 0 saturated carbocycles. The van der Waals surface area contributed by atoms with Crippen molar-refractivity contribution in [3.63, 3.8) is 0 Å². The van der Waals surface area contributed by atoms with Gasteiger partial charge in [0.05, 0.1) is 5.52 Å². The molecule has 0 saturated heterocycles. The summed E-state index contributed by atoms with van der Waals surface area (Å²) in [6.07, 6.45) is 3.47. The Hall–Kier alpha value is -2.18. The lowest BCUT2D eigenvalue weighted by Gasteiger charge is -1.99. The van der Waals surface area contributed by atoms with Gasteiger partial charge < -0.3 is 0 Å². The first-order valence-corrected chi connectivity index (χ1v) is 6.59. The van der Waals surface area contributed by atoms with Crippen LogP contribution in [0.3, 0.4) is 0 Å². The maximum atomic E-state index is 4.53. The molecule has 0 amide bonds. The van der Waals surface area contributed by atoms with Crippen LogP contribution in [0.2, 0.25) is 0 Å². The SMILES string of the molecule is Brc1cccc2nc(C#Cc3cccnc3)ccc12. The van der Waals surface area contributed by atoms with Crippen LogP contribution in [-0.4, -0.2) is 9.97 Å². The van der Waals surface area contributed by atoms with Crippen LogP contribution >= 0.6 is 15.9 Å². The molecule has 3 rings (SSSR count). The second-order valence-corrected chi connectivity index (χ2v) is 4.85. The first-order chi connectivity index (χ1) is 9.33. The molecule has 0 fully saturated rings. The molecule has 0 N–H and O–H groups in total. The van der Waals surface area contributed by atoms with Crippen molar-refractivity contribution in [2.24, 2.45) is 0 Å². The second kappa shape index (κ2) is 5.21. The van der Waals surface area contributed by atoms with E-state index in [9.17, 15) is 0 Å². The van der Waals surface area contributed by atoms with Crippen LogP contribution in [0.15, 0.2) is 59.3 Å². The molecular formula is C16H9BrN2. The largest absolute Gasteiger partial charge is 0.263 e. The maximum absolute atomic E-state index is 4.53. The zero-order valence-electron chi connectivity index (χ0n) is 9.97. The fraction of sp³-hybridized carbons (Fsp3) is 0. The fourth-order valence-electron chi connectivity index (χ4n) is 1.76. The summed E-state index contributed by atoms with van der Waals surface area (Å²) in [6.45, 7) is 0. The fourth-order valence-corrected chi connectivity index (χ4v) is 2.25. The van der Waals surface area contributed by atoms with Crippen molar-refractivity contribution < 1.29 is 0 Å². The van der Waals surface area contributed by atoms with Gasteiger partial charge in [0.2, 0.25) is 0 Å². The van der Waals surface area contributed by atoms with E-state index in [1.54, 1.807) is 12.4 Å². The van der Waals surface area contributed by atoms with E-state index >= 15 is 0 Å². The molecule has 2 nitrogen and oxygen atoms in total. The molecule has 2 heterocycles. The normalized spacial score (nSPS) is 9.95. The van der Waals surface area contributed by atoms with Crippen LogP contribution in [0, 0.1) is 11.8 Å². The molecule has 0 aliphatic carbocycles. The first-order valence-electron chi connectivity index (χ1n) is 5.80. The average molecular weight is 309 g/mol. The third-order valence-electron chi connectivity index (χ3n) is 2.68. The number of aromatic nitrogens is 2. The van der Waals surface area contributed by atoms with Crippen LogP contribution in [0.25, 0.3) is 10.9 Å². The monoisotopic (exact) mass is 308 g/mol. The van der Waals surface area contributed by atoms with E-state index in [0.29, 0.717) is 0 Å². The first kappa shape index (κ1) is 11.9. The number of halogens is 1. The van der Waals surface area contributed by atoms with Crippen LogP contribution in [-0.2, 0) is 0 Å². The number of pyridine rings is 2. The molecule has 0 spiro atoms. The minimum absolute atomic E-state index is 0.759. The van der Waals surface area contributed by atoms with Gasteiger partial charge in [-0.3, -0.25) is 4.98 Å². The lowest BCUT2D eigenvalue weighted by Crippen LogP contribution is -1.85. The summed E-state index contributed by atoms with van der Waals surface area (Å²) in [5, 5.41) is 1.09. The number of hydrogen-bond donors (Lipinski definition) is 0. The molecule has 19 heavy (non-hydrogen) atoms. The van der Waals surface area contributed by atoms with Gasteiger partial charge in [-0.05, 0) is 42.3 Å². The molecule has 0 bridgehead atoms. The van der Waals surface area contributed by atoms with Gasteiger partial charge in [0.25, 0.3) is 0 Å². The van der Waals surface area contributed by atoms with E-state index in [-0.39, 0.29) is 0 Å². The van der Waals surface area contributed by atoms with Crippen molar-refractivity contribution in [1.29, 1.82) is 0 Å². The van der Waals surface area contributed by atoms with E-state index in [0.717, 1.165) is 26.6 Å². The minimum atomic E-state index is 0.759. The Bertz CT molecular complexity index is 786. The second-order valence-electron chi connectivity index (χ2n) is 3.99. The third kappa shape index (κ3) is 2.64. The molecule has 2 aromatic heterocycles. The van der Waals surface area contributed by atoms with E-state index in [1.807, 2.05) is 42.5 Å². The molecule has 3 aromatic rings. The number of rotatable bonds is 0. The van der Waals surface area contributed by atoms with Crippen molar-refractivity contribution in [2.75, 3.05) is 0 Å². The van der Waals surface area contributed by atoms with Gasteiger partial charge in [0, 0.05) is 27.8 Å². The van der Waals surface area contributed by atoms with Crippen LogP contribution < -0.4 is 0 Å². The Labute approximate surface area is 119 Å². The van der Waals surface area contributed by atoms with Gasteiger partial charge >= 0.3 is 0 Å². The van der Waals surface area contributed by atoms with Gasteiger partial charge in [0.1, 0.15) is 5.69 Å². The van der Waals surface area contributed by atoms with Crippen molar-refractivity contribution in [1.82, 2.24) is 9.97 Å². The number of hydrogen-bond acceptors (Lipinski definition) is 2. The predicted molar refractivity (Wildman–Crippen MR) is 79.7 cm³/mol. The van der Waals surface area contributed by atoms with E-state index in [4.69, 9.17) is 0 Å². The highest BCUT2D eigenvalue weighted by molar-refractivity contribution is 9.10. The zero-order chi connectivity index (χ0) is 13.1. The maximum Gasteiger partial charge on any atom is 0.114 e.